The number of carbonyl (C=O) groups is 1. The van der Waals surface area contributed by atoms with Crippen LogP contribution in [0.2, 0.25) is 0 Å². The molecule has 0 radical (unpaired) electrons. The Hall–Kier alpha value is -1.83. The SMILES string of the molecule is CCOC(=O)N1CCC(NC(=NCCc2ccco2)NC2CCC(SC)C2)CC1. The van der Waals surface area contributed by atoms with Crippen LogP contribution in [-0.2, 0) is 11.2 Å². The van der Waals surface area contributed by atoms with E-state index in [2.05, 4.69) is 16.9 Å². The topological polar surface area (TPSA) is 79.1 Å². The Kier molecular flexibility index (Phi) is 8.58. The lowest BCUT2D eigenvalue weighted by molar-refractivity contribution is 0.0963. The van der Waals surface area contributed by atoms with Crippen LogP contribution in [0.3, 0.4) is 0 Å². The summed E-state index contributed by atoms with van der Waals surface area (Å²) in [6.45, 7) is 4.38. The zero-order valence-corrected chi connectivity index (χ0v) is 18.4. The second kappa shape index (κ2) is 11.4. The molecule has 2 N–H and O–H groups in total. The highest BCUT2D eigenvalue weighted by molar-refractivity contribution is 7.99. The third-order valence-corrected chi connectivity index (χ3v) is 6.72. The van der Waals surface area contributed by atoms with Gasteiger partial charge in [-0.05, 0) is 57.4 Å². The number of rotatable bonds is 7. The van der Waals surface area contributed by atoms with Crippen LogP contribution in [0.1, 0.15) is 44.8 Å². The van der Waals surface area contributed by atoms with E-state index in [9.17, 15) is 4.79 Å². The Labute approximate surface area is 178 Å². The van der Waals surface area contributed by atoms with E-state index in [4.69, 9.17) is 14.1 Å². The maximum absolute atomic E-state index is 11.9. The van der Waals surface area contributed by atoms with Gasteiger partial charge in [0.1, 0.15) is 5.76 Å². The number of likely N-dealkylation sites (tertiary alicyclic amines) is 1. The molecule has 2 unspecified atom stereocenters. The second-order valence-corrected chi connectivity index (χ2v) is 8.81. The Morgan fingerprint density at radius 3 is 2.72 bits per heavy atom. The van der Waals surface area contributed by atoms with Crippen molar-refractivity contribution in [1.82, 2.24) is 15.5 Å². The fourth-order valence-corrected chi connectivity index (χ4v) is 4.76. The van der Waals surface area contributed by atoms with E-state index >= 15 is 0 Å². The molecule has 0 bridgehead atoms. The van der Waals surface area contributed by atoms with E-state index in [1.54, 1.807) is 11.2 Å². The molecular weight excluding hydrogens is 388 g/mol. The molecule has 7 nitrogen and oxygen atoms in total. The number of nitrogens with zero attached hydrogens (tertiary/aromatic N) is 2. The maximum atomic E-state index is 11.9. The van der Waals surface area contributed by atoms with E-state index in [-0.39, 0.29) is 6.09 Å². The quantitative estimate of drug-likeness (QED) is 0.519. The number of carbonyl (C=O) groups excluding carboxylic acids is 1. The van der Waals surface area contributed by atoms with Crippen LogP contribution < -0.4 is 10.6 Å². The molecule has 0 aromatic carbocycles. The zero-order valence-electron chi connectivity index (χ0n) is 17.6. The van der Waals surface area contributed by atoms with Gasteiger partial charge in [-0.1, -0.05) is 0 Å². The van der Waals surface area contributed by atoms with Gasteiger partial charge in [-0.3, -0.25) is 4.99 Å². The van der Waals surface area contributed by atoms with E-state index in [0.29, 0.717) is 38.3 Å². The van der Waals surface area contributed by atoms with Gasteiger partial charge in [0.15, 0.2) is 5.96 Å². The standard InChI is InChI=1S/C21H34N4O3S/c1-3-27-21(26)25-12-9-16(10-13-25)23-20(22-11-8-18-5-4-14-28-18)24-17-6-7-19(15-17)29-2/h4-5,14,16-17,19H,3,6-13,15H2,1-2H3,(H2,22,23,24). The predicted molar refractivity (Wildman–Crippen MR) is 118 cm³/mol. The summed E-state index contributed by atoms with van der Waals surface area (Å²) in [7, 11) is 0. The molecule has 1 aromatic rings. The van der Waals surface area contributed by atoms with E-state index in [1.807, 2.05) is 30.8 Å². The average molecular weight is 423 g/mol. The molecular formula is C21H34N4O3S. The molecule has 2 fully saturated rings. The highest BCUT2D eigenvalue weighted by Crippen LogP contribution is 2.28. The summed E-state index contributed by atoms with van der Waals surface area (Å²) in [4.78, 5) is 18.5. The molecule has 1 amide bonds. The van der Waals surface area contributed by atoms with Crippen molar-refractivity contribution in [1.29, 1.82) is 0 Å². The van der Waals surface area contributed by atoms with Crippen molar-refractivity contribution in [2.45, 2.75) is 62.8 Å². The largest absolute Gasteiger partial charge is 0.469 e. The van der Waals surface area contributed by atoms with Crippen molar-refractivity contribution in [3.8, 4) is 0 Å². The number of ether oxygens (including phenoxy) is 1. The van der Waals surface area contributed by atoms with Crippen LogP contribution in [0.25, 0.3) is 0 Å². The third-order valence-electron chi connectivity index (χ3n) is 5.63. The third kappa shape index (κ3) is 6.87. The van der Waals surface area contributed by atoms with Gasteiger partial charge >= 0.3 is 6.09 Å². The molecule has 162 valence electrons. The second-order valence-electron chi connectivity index (χ2n) is 7.68. The van der Waals surface area contributed by atoms with Crippen molar-refractivity contribution in [3.05, 3.63) is 24.2 Å². The highest BCUT2D eigenvalue weighted by Gasteiger charge is 2.27. The molecule has 1 saturated carbocycles. The molecule has 1 aromatic heterocycles. The van der Waals surface area contributed by atoms with Crippen LogP contribution in [0.5, 0.6) is 0 Å². The number of piperidine rings is 1. The summed E-state index contributed by atoms with van der Waals surface area (Å²) in [5.74, 6) is 1.84. The van der Waals surface area contributed by atoms with E-state index < -0.39 is 0 Å². The Morgan fingerprint density at radius 1 is 1.28 bits per heavy atom. The highest BCUT2D eigenvalue weighted by atomic mass is 32.2. The number of aliphatic imine (C=N–C) groups is 1. The fraction of sp³-hybridized carbons (Fsp3) is 0.714. The van der Waals surface area contributed by atoms with Gasteiger partial charge in [-0.15, -0.1) is 0 Å². The number of guanidine groups is 1. The average Bonchev–Trinajstić information content (AvgIpc) is 3.40. The zero-order chi connectivity index (χ0) is 20.5. The number of thioether (sulfide) groups is 1. The lowest BCUT2D eigenvalue weighted by Crippen LogP contribution is -2.51. The monoisotopic (exact) mass is 422 g/mol. The van der Waals surface area contributed by atoms with Crippen LogP contribution in [0.15, 0.2) is 27.8 Å². The van der Waals surface area contributed by atoms with Gasteiger partial charge in [-0.2, -0.15) is 11.8 Å². The van der Waals surface area contributed by atoms with Crippen LogP contribution >= 0.6 is 11.8 Å². The van der Waals surface area contributed by atoms with Crippen LogP contribution in [0, 0.1) is 0 Å². The van der Waals surface area contributed by atoms with Gasteiger partial charge in [-0.25, -0.2) is 4.79 Å². The first kappa shape index (κ1) is 21.9. The Bertz CT molecular complexity index is 644. The molecule has 2 aliphatic rings. The van der Waals surface area contributed by atoms with Gasteiger partial charge in [0.2, 0.25) is 0 Å². The van der Waals surface area contributed by atoms with Crippen molar-refractivity contribution in [3.63, 3.8) is 0 Å². The molecule has 1 aliphatic carbocycles. The van der Waals surface area contributed by atoms with Crippen molar-refractivity contribution in [2.24, 2.45) is 4.99 Å². The van der Waals surface area contributed by atoms with E-state index in [1.165, 1.54) is 19.3 Å². The molecule has 2 heterocycles. The summed E-state index contributed by atoms with van der Waals surface area (Å²) < 4.78 is 10.5. The minimum atomic E-state index is -0.203. The Balaban J connectivity index is 1.52. The van der Waals surface area contributed by atoms with Gasteiger partial charge in [0.05, 0.1) is 12.9 Å². The first-order valence-electron chi connectivity index (χ1n) is 10.7. The number of hydrogen-bond acceptors (Lipinski definition) is 5. The summed E-state index contributed by atoms with van der Waals surface area (Å²) in [6, 6.07) is 4.69. The summed E-state index contributed by atoms with van der Waals surface area (Å²) in [6.07, 6.45) is 9.91. The molecule has 29 heavy (non-hydrogen) atoms. The lowest BCUT2D eigenvalue weighted by Gasteiger charge is -2.32. The number of furan rings is 1. The molecule has 3 rings (SSSR count). The van der Waals surface area contributed by atoms with Gasteiger partial charge in [0, 0.05) is 43.4 Å². The van der Waals surface area contributed by atoms with E-state index in [0.717, 1.165) is 36.2 Å². The summed E-state index contributed by atoms with van der Waals surface area (Å²) in [5.41, 5.74) is 0. The normalized spacial score (nSPS) is 23.2. The summed E-state index contributed by atoms with van der Waals surface area (Å²) >= 11 is 1.96. The van der Waals surface area contributed by atoms with Gasteiger partial charge < -0.3 is 24.7 Å². The number of nitrogens with one attached hydrogen (secondary N) is 2. The lowest BCUT2D eigenvalue weighted by atomic mass is 10.1. The molecule has 8 heteroatoms. The van der Waals surface area contributed by atoms with Gasteiger partial charge in [0.25, 0.3) is 0 Å². The minimum Gasteiger partial charge on any atom is -0.469 e. The smallest absolute Gasteiger partial charge is 0.409 e. The molecule has 1 saturated heterocycles. The predicted octanol–water partition coefficient (Wildman–Crippen LogP) is 3.26. The number of hydrogen-bond donors (Lipinski definition) is 2. The minimum absolute atomic E-state index is 0.203. The van der Waals surface area contributed by atoms with Crippen LogP contribution in [-0.4, -0.2) is 66.8 Å². The van der Waals surface area contributed by atoms with Crippen molar-refractivity contribution in [2.75, 3.05) is 32.5 Å². The molecule has 0 spiro atoms. The number of amides is 1. The van der Waals surface area contributed by atoms with Crippen molar-refractivity contribution < 1.29 is 13.9 Å². The molecule has 2 atom stereocenters. The maximum Gasteiger partial charge on any atom is 0.409 e. The first-order chi connectivity index (χ1) is 14.2. The summed E-state index contributed by atoms with van der Waals surface area (Å²) in [5, 5.41) is 8.00. The fourth-order valence-electron chi connectivity index (χ4n) is 3.96. The Morgan fingerprint density at radius 2 is 2.07 bits per heavy atom. The van der Waals surface area contributed by atoms with Crippen molar-refractivity contribution >= 4 is 23.8 Å². The molecule has 1 aliphatic heterocycles. The first-order valence-corrected chi connectivity index (χ1v) is 12.0. The van der Waals surface area contributed by atoms with Crippen LogP contribution in [0.4, 0.5) is 4.79 Å².